The molecule has 1 fully saturated rings. The fraction of sp³-hybridized carbons (Fsp3) is 0.632. The summed E-state index contributed by atoms with van der Waals surface area (Å²) < 4.78 is 5.73. The molecule has 5 heteroatoms. The van der Waals surface area contributed by atoms with Crippen molar-refractivity contribution in [2.75, 3.05) is 50.8 Å². The highest BCUT2D eigenvalue weighted by Gasteiger charge is 2.21. The number of para-hydroxylation sites is 2. The molecule has 0 aromatic heterocycles. The van der Waals surface area contributed by atoms with Crippen LogP contribution in [0.25, 0.3) is 0 Å². The van der Waals surface area contributed by atoms with Gasteiger partial charge in [-0.05, 0) is 31.4 Å². The number of hydrogen-bond acceptors (Lipinski definition) is 4. The minimum atomic E-state index is 0.138. The molecule has 1 aromatic carbocycles. The highest BCUT2D eigenvalue weighted by molar-refractivity contribution is 5.78. The second-order valence-corrected chi connectivity index (χ2v) is 6.70. The van der Waals surface area contributed by atoms with Gasteiger partial charge in [0.1, 0.15) is 5.75 Å². The Balaban J connectivity index is 1.78. The Bertz CT molecular complexity index is 511. The van der Waals surface area contributed by atoms with Crippen LogP contribution in [0.5, 0.6) is 5.75 Å². The minimum absolute atomic E-state index is 0.138. The average Bonchev–Trinajstić information content (AvgIpc) is 2.56. The van der Waals surface area contributed by atoms with Crippen LogP contribution in [0, 0.1) is 5.92 Å². The van der Waals surface area contributed by atoms with Gasteiger partial charge in [0.15, 0.2) is 0 Å². The zero-order valence-electron chi connectivity index (χ0n) is 15.3. The van der Waals surface area contributed by atoms with E-state index < -0.39 is 0 Å². The first-order chi connectivity index (χ1) is 11.6. The molecule has 0 radical (unpaired) electrons. The van der Waals surface area contributed by atoms with E-state index in [0.717, 1.165) is 50.6 Å². The molecule has 0 bridgehead atoms. The topological polar surface area (TPSA) is 44.8 Å². The zero-order chi connectivity index (χ0) is 17.4. The van der Waals surface area contributed by atoms with Gasteiger partial charge in [-0.3, -0.25) is 9.69 Å². The third-order valence-electron chi connectivity index (χ3n) is 4.29. The lowest BCUT2D eigenvalue weighted by atomic mass is 10.1. The molecule has 0 atom stereocenters. The maximum absolute atomic E-state index is 12.0. The van der Waals surface area contributed by atoms with Gasteiger partial charge in [0.05, 0.1) is 18.8 Å². The molecule has 5 nitrogen and oxygen atoms in total. The van der Waals surface area contributed by atoms with E-state index in [1.807, 2.05) is 25.1 Å². The molecule has 2 rings (SSSR count). The molecule has 0 unspecified atom stereocenters. The second-order valence-electron chi connectivity index (χ2n) is 6.70. The monoisotopic (exact) mass is 333 g/mol. The number of benzene rings is 1. The lowest BCUT2D eigenvalue weighted by Gasteiger charge is -2.36. The highest BCUT2D eigenvalue weighted by Crippen LogP contribution is 2.28. The summed E-state index contributed by atoms with van der Waals surface area (Å²) >= 11 is 0. The van der Waals surface area contributed by atoms with Crippen LogP contribution in [0.1, 0.15) is 27.2 Å². The molecule has 134 valence electrons. The van der Waals surface area contributed by atoms with E-state index >= 15 is 0 Å². The van der Waals surface area contributed by atoms with Crippen LogP contribution in [0.2, 0.25) is 0 Å². The van der Waals surface area contributed by atoms with Gasteiger partial charge < -0.3 is 15.0 Å². The van der Waals surface area contributed by atoms with Crippen LogP contribution < -0.4 is 15.0 Å². The number of amides is 1. The van der Waals surface area contributed by atoms with Crippen molar-refractivity contribution in [2.24, 2.45) is 5.92 Å². The lowest BCUT2D eigenvalue weighted by Crippen LogP contribution is -2.49. The number of carbonyl (C=O) groups excluding carboxylic acids is 1. The quantitative estimate of drug-likeness (QED) is 0.793. The highest BCUT2D eigenvalue weighted by atomic mass is 16.5. The minimum Gasteiger partial charge on any atom is -0.492 e. The Kier molecular flexibility index (Phi) is 7.37. The molecule has 0 saturated carbocycles. The smallest absolute Gasteiger partial charge is 0.234 e. The molecule has 1 amide bonds. The van der Waals surface area contributed by atoms with Gasteiger partial charge in [0.2, 0.25) is 5.91 Å². The van der Waals surface area contributed by atoms with E-state index in [1.54, 1.807) is 0 Å². The Labute approximate surface area is 146 Å². The fourth-order valence-corrected chi connectivity index (χ4v) is 2.90. The van der Waals surface area contributed by atoms with Gasteiger partial charge >= 0.3 is 0 Å². The van der Waals surface area contributed by atoms with Crippen LogP contribution in [0.15, 0.2) is 24.3 Å². The predicted octanol–water partition coefficient (Wildman–Crippen LogP) is 2.37. The normalized spacial score (nSPS) is 15.6. The van der Waals surface area contributed by atoms with Gasteiger partial charge in [-0.1, -0.05) is 26.0 Å². The summed E-state index contributed by atoms with van der Waals surface area (Å²) in [5.74, 6) is 1.71. The summed E-state index contributed by atoms with van der Waals surface area (Å²) in [6.07, 6.45) is 1.04. The maximum Gasteiger partial charge on any atom is 0.234 e. The zero-order valence-corrected chi connectivity index (χ0v) is 15.3. The number of nitrogens with one attached hydrogen (secondary N) is 1. The van der Waals surface area contributed by atoms with Crippen molar-refractivity contribution < 1.29 is 9.53 Å². The Morgan fingerprint density at radius 3 is 2.58 bits per heavy atom. The van der Waals surface area contributed by atoms with Crippen molar-refractivity contribution in [3.63, 3.8) is 0 Å². The van der Waals surface area contributed by atoms with Crippen LogP contribution in [-0.2, 0) is 4.79 Å². The third kappa shape index (κ3) is 5.71. The van der Waals surface area contributed by atoms with Crippen molar-refractivity contribution in [3.05, 3.63) is 24.3 Å². The average molecular weight is 333 g/mol. The summed E-state index contributed by atoms with van der Waals surface area (Å²) in [6.45, 7) is 11.9. The summed E-state index contributed by atoms with van der Waals surface area (Å²) in [5, 5.41) is 3.02. The summed E-state index contributed by atoms with van der Waals surface area (Å²) in [4.78, 5) is 16.6. The van der Waals surface area contributed by atoms with Gasteiger partial charge in [0.25, 0.3) is 0 Å². The summed E-state index contributed by atoms with van der Waals surface area (Å²) in [5.41, 5.74) is 1.15. The van der Waals surface area contributed by atoms with Crippen molar-refractivity contribution in [3.8, 4) is 5.75 Å². The Morgan fingerprint density at radius 1 is 1.21 bits per heavy atom. The Hall–Kier alpha value is -1.75. The number of ether oxygens (including phenoxy) is 1. The van der Waals surface area contributed by atoms with Crippen LogP contribution in [-0.4, -0.2) is 56.7 Å². The molecule has 24 heavy (non-hydrogen) atoms. The standard InChI is InChI=1S/C19H31N3O2/c1-4-24-18-8-6-5-7-17(18)22-13-11-21(12-14-22)15-19(23)20-10-9-16(2)3/h5-8,16H,4,9-15H2,1-3H3,(H,20,23). The molecule has 1 aromatic rings. The SMILES string of the molecule is CCOc1ccccc1N1CCN(CC(=O)NCCC(C)C)CC1. The third-order valence-corrected chi connectivity index (χ3v) is 4.29. The van der Waals surface area contributed by atoms with Crippen molar-refractivity contribution in [1.29, 1.82) is 0 Å². The van der Waals surface area contributed by atoms with Gasteiger partial charge in [0, 0.05) is 32.7 Å². The fourth-order valence-electron chi connectivity index (χ4n) is 2.90. The number of carbonyl (C=O) groups is 1. The van der Waals surface area contributed by atoms with Gasteiger partial charge in [-0.25, -0.2) is 0 Å². The van der Waals surface area contributed by atoms with E-state index in [1.165, 1.54) is 0 Å². The van der Waals surface area contributed by atoms with Crippen molar-refractivity contribution >= 4 is 11.6 Å². The number of rotatable bonds is 8. The summed E-state index contributed by atoms with van der Waals surface area (Å²) in [6, 6.07) is 8.19. The molecule has 0 spiro atoms. The first kappa shape index (κ1) is 18.6. The molecule has 1 heterocycles. The van der Waals surface area contributed by atoms with E-state index in [9.17, 15) is 4.79 Å². The largest absolute Gasteiger partial charge is 0.492 e. The predicted molar refractivity (Wildman–Crippen MR) is 98.7 cm³/mol. The first-order valence-corrected chi connectivity index (χ1v) is 9.06. The van der Waals surface area contributed by atoms with E-state index in [-0.39, 0.29) is 5.91 Å². The molecule has 0 aliphatic carbocycles. The van der Waals surface area contributed by atoms with E-state index in [4.69, 9.17) is 4.74 Å². The molecule has 1 N–H and O–H groups in total. The van der Waals surface area contributed by atoms with Crippen molar-refractivity contribution in [2.45, 2.75) is 27.2 Å². The van der Waals surface area contributed by atoms with Crippen molar-refractivity contribution in [1.82, 2.24) is 10.2 Å². The number of hydrogen-bond donors (Lipinski definition) is 1. The second kappa shape index (κ2) is 9.52. The molecule has 1 aliphatic rings. The molecular formula is C19H31N3O2. The van der Waals surface area contributed by atoms with Gasteiger partial charge in [-0.15, -0.1) is 0 Å². The molecule has 1 aliphatic heterocycles. The van der Waals surface area contributed by atoms with Crippen LogP contribution >= 0.6 is 0 Å². The summed E-state index contributed by atoms with van der Waals surface area (Å²) in [7, 11) is 0. The number of nitrogens with zero attached hydrogens (tertiary/aromatic N) is 2. The lowest BCUT2D eigenvalue weighted by molar-refractivity contribution is -0.122. The maximum atomic E-state index is 12.0. The van der Waals surface area contributed by atoms with E-state index in [2.05, 4.69) is 35.0 Å². The Morgan fingerprint density at radius 2 is 1.92 bits per heavy atom. The number of piperazine rings is 1. The number of anilines is 1. The first-order valence-electron chi connectivity index (χ1n) is 9.06. The molecular weight excluding hydrogens is 302 g/mol. The molecule has 1 saturated heterocycles. The van der Waals surface area contributed by atoms with Crippen LogP contribution in [0.4, 0.5) is 5.69 Å². The van der Waals surface area contributed by atoms with E-state index in [0.29, 0.717) is 19.1 Å². The van der Waals surface area contributed by atoms with Crippen LogP contribution in [0.3, 0.4) is 0 Å². The van der Waals surface area contributed by atoms with Gasteiger partial charge in [-0.2, -0.15) is 0 Å².